The predicted octanol–water partition coefficient (Wildman–Crippen LogP) is 2.54. The van der Waals surface area contributed by atoms with Crippen LogP contribution in [0.25, 0.3) is 0 Å². The van der Waals surface area contributed by atoms with Gasteiger partial charge >= 0.3 is 0 Å². The van der Waals surface area contributed by atoms with E-state index in [1.807, 2.05) is 60.7 Å². The standard InChI is InChI=1S/C13H10O.Sr/c14-13(11-7-3-1-4-8-11)12-9-5-2-6-10-12;/h1-10H;. The van der Waals surface area contributed by atoms with Crippen molar-refractivity contribution >= 4 is 51.3 Å². The van der Waals surface area contributed by atoms with Crippen molar-refractivity contribution in [2.45, 2.75) is 0 Å². The third-order valence-electron chi connectivity index (χ3n) is 2.07. The number of hydrogen-bond acceptors (Lipinski definition) is 1. The van der Waals surface area contributed by atoms with E-state index >= 15 is 0 Å². The topological polar surface area (TPSA) is 17.1 Å². The normalized spacial score (nSPS) is 9.07. The molecule has 0 saturated carbocycles. The Hall–Kier alpha value is -0.409. The molecule has 0 heterocycles. The maximum Gasteiger partial charge on any atom is 0.193 e. The molecular formula is C13H10OSr. The van der Waals surface area contributed by atoms with Crippen LogP contribution in [-0.4, -0.2) is 51.3 Å². The molecule has 2 aromatic carbocycles. The second-order valence-corrected chi connectivity index (χ2v) is 3.06. The van der Waals surface area contributed by atoms with Crippen LogP contribution in [0.3, 0.4) is 0 Å². The van der Waals surface area contributed by atoms with Crippen LogP contribution in [0.5, 0.6) is 0 Å². The largest absolute Gasteiger partial charge is 0.289 e. The second kappa shape index (κ2) is 6.23. The molecule has 2 radical (unpaired) electrons. The van der Waals surface area contributed by atoms with E-state index in [0.29, 0.717) is 0 Å². The minimum absolute atomic E-state index is 0. The first-order chi connectivity index (χ1) is 6.88. The van der Waals surface area contributed by atoms with E-state index in [9.17, 15) is 4.79 Å². The number of benzene rings is 2. The number of ketones is 1. The molecule has 0 spiro atoms. The van der Waals surface area contributed by atoms with E-state index in [4.69, 9.17) is 0 Å². The van der Waals surface area contributed by atoms with Crippen LogP contribution >= 0.6 is 0 Å². The van der Waals surface area contributed by atoms with Crippen LogP contribution in [0.4, 0.5) is 0 Å². The molecule has 1 nitrogen and oxygen atoms in total. The van der Waals surface area contributed by atoms with Gasteiger partial charge in [0.1, 0.15) is 0 Å². The molecular weight excluding hydrogens is 260 g/mol. The summed E-state index contributed by atoms with van der Waals surface area (Å²) in [5.74, 6) is 0.0752. The molecule has 2 aromatic rings. The summed E-state index contributed by atoms with van der Waals surface area (Å²) in [6, 6.07) is 18.6. The van der Waals surface area contributed by atoms with Crippen molar-refractivity contribution in [1.82, 2.24) is 0 Å². The number of rotatable bonds is 2. The molecule has 0 fully saturated rings. The van der Waals surface area contributed by atoms with Crippen LogP contribution in [0.1, 0.15) is 15.9 Å². The monoisotopic (exact) mass is 270 g/mol. The first kappa shape index (κ1) is 12.7. The molecule has 0 saturated heterocycles. The fraction of sp³-hybridized carbons (Fsp3) is 0. The van der Waals surface area contributed by atoms with Gasteiger partial charge in [-0.3, -0.25) is 4.79 Å². The summed E-state index contributed by atoms with van der Waals surface area (Å²) in [4.78, 5) is 11.8. The first-order valence-corrected chi connectivity index (χ1v) is 4.53. The molecule has 0 N–H and O–H groups in total. The summed E-state index contributed by atoms with van der Waals surface area (Å²) < 4.78 is 0. The molecule has 2 rings (SSSR count). The van der Waals surface area contributed by atoms with Crippen LogP contribution in [0.15, 0.2) is 60.7 Å². The molecule has 0 atom stereocenters. The van der Waals surface area contributed by atoms with Gasteiger partial charge in [0.25, 0.3) is 0 Å². The molecule has 0 bridgehead atoms. The molecule has 0 aliphatic carbocycles. The summed E-state index contributed by atoms with van der Waals surface area (Å²) in [5, 5.41) is 0. The van der Waals surface area contributed by atoms with E-state index in [1.54, 1.807) is 0 Å². The van der Waals surface area contributed by atoms with Crippen LogP contribution < -0.4 is 0 Å². The summed E-state index contributed by atoms with van der Waals surface area (Å²) in [6.45, 7) is 0. The van der Waals surface area contributed by atoms with Gasteiger partial charge in [0.05, 0.1) is 0 Å². The van der Waals surface area contributed by atoms with Gasteiger partial charge in [-0.25, -0.2) is 0 Å². The Morgan fingerprint density at radius 2 is 1.00 bits per heavy atom. The molecule has 15 heavy (non-hydrogen) atoms. The average molecular weight is 270 g/mol. The third-order valence-corrected chi connectivity index (χ3v) is 2.07. The third kappa shape index (κ3) is 3.28. The van der Waals surface area contributed by atoms with Crippen molar-refractivity contribution in [2.24, 2.45) is 0 Å². The van der Waals surface area contributed by atoms with Gasteiger partial charge in [0, 0.05) is 56.6 Å². The first-order valence-electron chi connectivity index (χ1n) is 4.53. The Balaban J connectivity index is 0.00000112. The molecule has 0 amide bonds. The van der Waals surface area contributed by atoms with Crippen molar-refractivity contribution in [3.05, 3.63) is 71.8 Å². The van der Waals surface area contributed by atoms with Crippen LogP contribution in [0.2, 0.25) is 0 Å². The number of hydrogen-bond donors (Lipinski definition) is 0. The summed E-state index contributed by atoms with van der Waals surface area (Å²) >= 11 is 0. The summed E-state index contributed by atoms with van der Waals surface area (Å²) in [6.07, 6.45) is 0. The van der Waals surface area contributed by atoms with E-state index in [2.05, 4.69) is 0 Å². The van der Waals surface area contributed by atoms with Gasteiger partial charge < -0.3 is 0 Å². The zero-order chi connectivity index (χ0) is 9.80. The minimum atomic E-state index is 0. The van der Waals surface area contributed by atoms with Gasteiger partial charge in [-0.2, -0.15) is 0 Å². The second-order valence-electron chi connectivity index (χ2n) is 3.06. The van der Waals surface area contributed by atoms with Crippen molar-refractivity contribution in [2.75, 3.05) is 0 Å². The van der Waals surface area contributed by atoms with E-state index in [0.717, 1.165) is 11.1 Å². The molecule has 0 aliphatic rings. The van der Waals surface area contributed by atoms with Crippen LogP contribution in [-0.2, 0) is 0 Å². The van der Waals surface area contributed by atoms with Gasteiger partial charge in [0.2, 0.25) is 0 Å². The summed E-state index contributed by atoms with van der Waals surface area (Å²) in [5.41, 5.74) is 1.47. The fourth-order valence-corrected chi connectivity index (χ4v) is 1.35. The van der Waals surface area contributed by atoms with E-state index < -0.39 is 0 Å². The molecule has 2 heteroatoms. The Bertz CT molecular complexity index is 381. The SMILES string of the molecule is O=C(c1ccccc1)c1ccccc1.[Sr]. The Morgan fingerprint density at radius 3 is 1.33 bits per heavy atom. The van der Waals surface area contributed by atoms with E-state index in [-0.39, 0.29) is 51.3 Å². The molecule has 70 valence electrons. The minimum Gasteiger partial charge on any atom is -0.289 e. The van der Waals surface area contributed by atoms with Gasteiger partial charge in [-0.15, -0.1) is 0 Å². The van der Waals surface area contributed by atoms with E-state index in [1.165, 1.54) is 0 Å². The van der Waals surface area contributed by atoms with Crippen LogP contribution in [0, 0.1) is 0 Å². The maximum absolute atomic E-state index is 11.8. The molecule has 0 aliphatic heterocycles. The Kier molecular flexibility index (Phi) is 5.26. The smallest absolute Gasteiger partial charge is 0.193 e. The predicted molar refractivity (Wildman–Crippen MR) is 62.1 cm³/mol. The van der Waals surface area contributed by atoms with Gasteiger partial charge in [-0.1, -0.05) is 60.7 Å². The zero-order valence-electron chi connectivity index (χ0n) is 8.39. The number of carbonyl (C=O) groups excluding carboxylic acids is 1. The van der Waals surface area contributed by atoms with Crippen molar-refractivity contribution < 1.29 is 4.79 Å². The Morgan fingerprint density at radius 1 is 0.667 bits per heavy atom. The zero-order valence-corrected chi connectivity index (χ0v) is 11.9. The fourth-order valence-electron chi connectivity index (χ4n) is 1.35. The van der Waals surface area contributed by atoms with Crippen molar-refractivity contribution in [1.29, 1.82) is 0 Å². The van der Waals surface area contributed by atoms with Crippen molar-refractivity contribution in [3.8, 4) is 0 Å². The Labute approximate surface area is 126 Å². The molecule has 0 aromatic heterocycles. The summed E-state index contributed by atoms with van der Waals surface area (Å²) in [7, 11) is 0. The molecule has 0 unspecified atom stereocenters. The number of carbonyl (C=O) groups is 1. The quantitative estimate of drug-likeness (QED) is 0.605. The van der Waals surface area contributed by atoms with Gasteiger partial charge in [0.15, 0.2) is 5.78 Å². The van der Waals surface area contributed by atoms with Crippen molar-refractivity contribution in [3.63, 3.8) is 0 Å². The van der Waals surface area contributed by atoms with Gasteiger partial charge in [-0.05, 0) is 0 Å². The maximum atomic E-state index is 11.8. The average Bonchev–Trinajstić information content (AvgIpc) is 2.30.